The second-order valence-corrected chi connectivity index (χ2v) is 6.81. The average molecular weight is 355 g/mol. The van der Waals surface area contributed by atoms with E-state index in [0.29, 0.717) is 5.69 Å². The molecule has 0 atom stereocenters. The van der Waals surface area contributed by atoms with Crippen LogP contribution in [0.4, 0.5) is 17.1 Å². The molecule has 0 heterocycles. The second-order valence-electron chi connectivity index (χ2n) is 6.81. The van der Waals surface area contributed by atoms with Gasteiger partial charge in [-0.25, -0.2) is 0 Å². The summed E-state index contributed by atoms with van der Waals surface area (Å²) in [5, 5.41) is 17.0. The molecule has 0 unspecified atom stereocenters. The standard InChI is InChI=1S/C20H25N3O3/c1-12(2)15-7-6-8-16(13(3)4)19(15)22-20(24)14-9-10-17(21-5)18(11-14)23(25)26/h6-13,21H,1-5H3,(H,22,24). The van der Waals surface area contributed by atoms with Crippen molar-refractivity contribution in [2.24, 2.45) is 0 Å². The molecule has 26 heavy (non-hydrogen) atoms. The van der Waals surface area contributed by atoms with Gasteiger partial charge in [-0.15, -0.1) is 0 Å². The van der Waals surface area contributed by atoms with E-state index in [-0.39, 0.29) is 29.0 Å². The number of hydrogen-bond donors (Lipinski definition) is 2. The van der Waals surface area contributed by atoms with Crippen molar-refractivity contribution >= 4 is 23.0 Å². The first-order valence-electron chi connectivity index (χ1n) is 8.66. The van der Waals surface area contributed by atoms with Crippen LogP contribution in [-0.2, 0) is 0 Å². The van der Waals surface area contributed by atoms with Crippen molar-refractivity contribution in [2.45, 2.75) is 39.5 Å². The second kappa shape index (κ2) is 7.99. The van der Waals surface area contributed by atoms with Crippen LogP contribution < -0.4 is 10.6 Å². The number of carbonyl (C=O) groups is 1. The van der Waals surface area contributed by atoms with Crippen LogP contribution in [-0.4, -0.2) is 17.9 Å². The number of amides is 1. The summed E-state index contributed by atoms with van der Waals surface area (Å²) >= 11 is 0. The van der Waals surface area contributed by atoms with E-state index in [1.807, 2.05) is 18.2 Å². The summed E-state index contributed by atoms with van der Waals surface area (Å²) in [4.78, 5) is 23.5. The van der Waals surface area contributed by atoms with Crippen LogP contribution in [0.1, 0.15) is 61.0 Å². The van der Waals surface area contributed by atoms with Gasteiger partial charge in [0.25, 0.3) is 11.6 Å². The summed E-state index contributed by atoms with van der Waals surface area (Å²) < 4.78 is 0. The fourth-order valence-corrected chi connectivity index (χ4v) is 2.92. The first kappa shape index (κ1) is 19.4. The van der Waals surface area contributed by atoms with E-state index in [2.05, 4.69) is 38.3 Å². The minimum Gasteiger partial charge on any atom is -0.383 e. The van der Waals surface area contributed by atoms with Gasteiger partial charge in [-0.05, 0) is 35.1 Å². The topological polar surface area (TPSA) is 84.3 Å². The summed E-state index contributed by atoms with van der Waals surface area (Å²) in [5.41, 5.74) is 3.39. The number of nitro groups is 1. The number of benzene rings is 2. The number of nitrogens with one attached hydrogen (secondary N) is 2. The Morgan fingerprint density at radius 3 is 2.08 bits per heavy atom. The van der Waals surface area contributed by atoms with Crippen molar-refractivity contribution < 1.29 is 9.72 Å². The van der Waals surface area contributed by atoms with Crippen LogP contribution in [0.2, 0.25) is 0 Å². The van der Waals surface area contributed by atoms with Gasteiger partial charge in [-0.3, -0.25) is 14.9 Å². The SMILES string of the molecule is CNc1ccc(C(=O)Nc2c(C(C)C)cccc2C(C)C)cc1[N+](=O)[O-]. The number of hydrogen-bond acceptors (Lipinski definition) is 4. The predicted octanol–water partition coefficient (Wildman–Crippen LogP) is 5.14. The van der Waals surface area contributed by atoms with Gasteiger partial charge in [-0.2, -0.15) is 0 Å². The van der Waals surface area contributed by atoms with Gasteiger partial charge in [0.1, 0.15) is 5.69 Å². The minimum atomic E-state index is -0.496. The van der Waals surface area contributed by atoms with Crippen LogP contribution >= 0.6 is 0 Å². The Bertz CT molecular complexity index is 803. The summed E-state index contributed by atoms with van der Waals surface area (Å²) in [6.45, 7) is 8.28. The maximum atomic E-state index is 12.8. The normalized spacial score (nSPS) is 10.9. The molecule has 0 saturated carbocycles. The van der Waals surface area contributed by atoms with Crippen LogP contribution in [0.15, 0.2) is 36.4 Å². The molecule has 2 N–H and O–H groups in total. The highest BCUT2D eigenvalue weighted by molar-refractivity contribution is 6.06. The van der Waals surface area contributed by atoms with E-state index in [0.717, 1.165) is 16.8 Å². The van der Waals surface area contributed by atoms with Gasteiger partial charge in [0.2, 0.25) is 0 Å². The van der Waals surface area contributed by atoms with Crippen molar-refractivity contribution in [1.82, 2.24) is 0 Å². The van der Waals surface area contributed by atoms with E-state index in [1.165, 1.54) is 6.07 Å². The lowest BCUT2D eigenvalue weighted by Gasteiger charge is -2.20. The van der Waals surface area contributed by atoms with E-state index in [4.69, 9.17) is 0 Å². The monoisotopic (exact) mass is 355 g/mol. The molecule has 0 aliphatic rings. The maximum Gasteiger partial charge on any atom is 0.293 e. The van der Waals surface area contributed by atoms with Crippen molar-refractivity contribution in [3.05, 3.63) is 63.2 Å². The number of para-hydroxylation sites is 1. The average Bonchev–Trinajstić information content (AvgIpc) is 2.60. The maximum absolute atomic E-state index is 12.8. The molecule has 0 aliphatic heterocycles. The number of nitrogens with zero attached hydrogens (tertiary/aromatic N) is 1. The fourth-order valence-electron chi connectivity index (χ4n) is 2.92. The minimum absolute atomic E-state index is 0.124. The van der Waals surface area contributed by atoms with E-state index in [9.17, 15) is 14.9 Å². The summed E-state index contributed by atoms with van der Waals surface area (Å²) in [5.74, 6) is 0.126. The van der Waals surface area contributed by atoms with E-state index < -0.39 is 4.92 Å². The Morgan fingerprint density at radius 1 is 1.04 bits per heavy atom. The Balaban J connectivity index is 2.45. The summed E-state index contributed by atoms with van der Waals surface area (Å²) in [6, 6.07) is 10.4. The number of nitro benzene ring substituents is 1. The Labute approximate surface area is 153 Å². The third-order valence-electron chi connectivity index (χ3n) is 4.34. The molecule has 6 heteroatoms. The lowest BCUT2D eigenvalue weighted by molar-refractivity contribution is -0.384. The molecule has 0 fully saturated rings. The smallest absolute Gasteiger partial charge is 0.293 e. The van der Waals surface area contributed by atoms with Gasteiger partial charge in [-0.1, -0.05) is 45.9 Å². The molecule has 1 amide bonds. The van der Waals surface area contributed by atoms with Crippen molar-refractivity contribution in [3.63, 3.8) is 0 Å². The van der Waals surface area contributed by atoms with Gasteiger partial charge in [0.05, 0.1) is 4.92 Å². The highest BCUT2D eigenvalue weighted by Crippen LogP contribution is 2.33. The lowest BCUT2D eigenvalue weighted by atomic mass is 9.92. The molecule has 0 bridgehead atoms. The van der Waals surface area contributed by atoms with E-state index in [1.54, 1.807) is 19.2 Å². The van der Waals surface area contributed by atoms with E-state index >= 15 is 0 Å². The van der Waals surface area contributed by atoms with Crippen LogP contribution in [0.25, 0.3) is 0 Å². The van der Waals surface area contributed by atoms with Gasteiger partial charge >= 0.3 is 0 Å². The molecule has 6 nitrogen and oxygen atoms in total. The molecule has 2 rings (SSSR count). The number of carbonyl (C=O) groups excluding carboxylic acids is 1. The van der Waals surface area contributed by atoms with Gasteiger partial charge < -0.3 is 10.6 Å². The largest absolute Gasteiger partial charge is 0.383 e. The fraction of sp³-hybridized carbons (Fsp3) is 0.350. The first-order valence-corrected chi connectivity index (χ1v) is 8.66. The molecule has 0 saturated heterocycles. The summed E-state index contributed by atoms with van der Waals surface area (Å²) in [7, 11) is 1.61. The Kier molecular flexibility index (Phi) is 5.97. The van der Waals surface area contributed by atoms with Crippen LogP contribution in [0, 0.1) is 10.1 Å². The molecule has 2 aromatic carbocycles. The molecule has 2 aromatic rings. The quantitative estimate of drug-likeness (QED) is 0.555. The molecule has 0 radical (unpaired) electrons. The van der Waals surface area contributed by atoms with Crippen LogP contribution in [0.5, 0.6) is 0 Å². The van der Waals surface area contributed by atoms with Crippen molar-refractivity contribution in [3.8, 4) is 0 Å². The zero-order valence-electron chi connectivity index (χ0n) is 15.8. The third kappa shape index (κ3) is 4.02. The molecular formula is C20H25N3O3. The van der Waals surface area contributed by atoms with Crippen LogP contribution in [0.3, 0.4) is 0 Å². The lowest BCUT2D eigenvalue weighted by Crippen LogP contribution is -2.16. The zero-order valence-corrected chi connectivity index (χ0v) is 15.8. The zero-order chi connectivity index (χ0) is 19.4. The van der Waals surface area contributed by atoms with Gasteiger partial charge in [0, 0.05) is 24.4 Å². The highest BCUT2D eigenvalue weighted by Gasteiger charge is 2.20. The Morgan fingerprint density at radius 2 is 1.62 bits per heavy atom. The molecule has 0 aromatic heterocycles. The predicted molar refractivity (Wildman–Crippen MR) is 105 cm³/mol. The highest BCUT2D eigenvalue weighted by atomic mass is 16.6. The Hall–Kier alpha value is -2.89. The van der Waals surface area contributed by atoms with Crippen molar-refractivity contribution in [1.29, 1.82) is 0 Å². The van der Waals surface area contributed by atoms with Crippen molar-refractivity contribution in [2.75, 3.05) is 17.7 Å². The first-order chi connectivity index (χ1) is 12.3. The molecule has 0 aliphatic carbocycles. The summed E-state index contributed by atoms with van der Waals surface area (Å²) in [6.07, 6.45) is 0. The molecule has 0 spiro atoms. The van der Waals surface area contributed by atoms with Gasteiger partial charge in [0.15, 0.2) is 0 Å². The molecule has 138 valence electrons. The third-order valence-corrected chi connectivity index (χ3v) is 4.34. The number of rotatable bonds is 6. The number of anilines is 2. The molecular weight excluding hydrogens is 330 g/mol.